The Labute approximate surface area is 234 Å². The third-order valence-electron chi connectivity index (χ3n) is 6.44. The molecule has 0 aliphatic rings. The number of fused-ring (bicyclic) bond motifs is 1. The molecule has 40 heavy (non-hydrogen) atoms. The van der Waals surface area contributed by atoms with Crippen LogP contribution in [0, 0.1) is 0 Å². The first-order chi connectivity index (χ1) is 19.3. The molecule has 202 valence electrons. The Bertz CT molecular complexity index is 1710. The number of ether oxygens (including phenoxy) is 1. The zero-order valence-corrected chi connectivity index (χ0v) is 22.8. The van der Waals surface area contributed by atoms with Gasteiger partial charge in [0.2, 0.25) is 11.9 Å². The number of nitrogens with one attached hydrogen (secondary N) is 1. The van der Waals surface area contributed by atoms with Crippen molar-refractivity contribution in [1.29, 1.82) is 0 Å². The molecule has 3 aromatic carbocycles. The van der Waals surface area contributed by atoms with E-state index in [1.807, 2.05) is 54.6 Å². The van der Waals surface area contributed by atoms with Crippen LogP contribution in [-0.4, -0.2) is 41.4 Å². The maximum atomic E-state index is 13.2. The van der Waals surface area contributed by atoms with Gasteiger partial charge in [0.25, 0.3) is 11.8 Å². The number of aromatic nitrogens is 2. The summed E-state index contributed by atoms with van der Waals surface area (Å²) in [5.74, 6) is 0.0602. The first-order valence-corrected chi connectivity index (χ1v) is 13.3. The van der Waals surface area contributed by atoms with E-state index >= 15 is 0 Å². The average Bonchev–Trinajstić information content (AvgIpc) is 3.60. The maximum absolute atomic E-state index is 13.2. The van der Waals surface area contributed by atoms with E-state index in [4.69, 9.17) is 10.5 Å². The van der Waals surface area contributed by atoms with Crippen molar-refractivity contribution in [1.82, 2.24) is 9.55 Å². The first-order valence-electron chi connectivity index (χ1n) is 12.5. The summed E-state index contributed by atoms with van der Waals surface area (Å²) in [7, 11) is 3.30. The quantitative estimate of drug-likeness (QED) is 0.261. The van der Waals surface area contributed by atoms with E-state index in [1.54, 1.807) is 54.0 Å². The number of thiophene rings is 1. The Kier molecular flexibility index (Phi) is 7.61. The van der Waals surface area contributed by atoms with Crippen LogP contribution in [0.15, 0.2) is 84.9 Å². The summed E-state index contributed by atoms with van der Waals surface area (Å²) in [5.41, 5.74) is 8.82. The highest BCUT2D eigenvalue weighted by atomic mass is 32.1. The second-order valence-electron chi connectivity index (χ2n) is 9.06. The lowest BCUT2D eigenvalue weighted by Gasteiger charge is -2.17. The number of aryl methyl sites for hydroxylation is 1. The standard InChI is InChI=1S/C30H27N5O4S/c1-34(29(38)19-7-4-3-5-8-19)21-11-12-24-23(18-21)32-30(35(24)16-15-27(31)36)33-28(37)26-14-13-25(40-26)20-9-6-10-22(17-20)39-2/h3-14,17-18H,15-16H2,1-2H3,(H2,31,36)(H,32,33,37). The summed E-state index contributed by atoms with van der Waals surface area (Å²) < 4.78 is 7.06. The first kappa shape index (κ1) is 26.6. The van der Waals surface area contributed by atoms with Gasteiger partial charge >= 0.3 is 0 Å². The molecular formula is C30H27N5O4S. The number of nitrogens with two attached hydrogens (primary N) is 1. The van der Waals surface area contributed by atoms with Crippen molar-refractivity contribution < 1.29 is 19.1 Å². The fourth-order valence-corrected chi connectivity index (χ4v) is 5.21. The van der Waals surface area contributed by atoms with E-state index in [0.717, 1.165) is 16.2 Å². The predicted molar refractivity (Wildman–Crippen MR) is 157 cm³/mol. The number of amides is 3. The van der Waals surface area contributed by atoms with E-state index < -0.39 is 5.91 Å². The van der Waals surface area contributed by atoms with Crippen LogP contribution < -0.4 is 20.7 Å². The molecule has 3 amide bonds. The molecule has 0 saturated carbocycles. The van der Waals surface area contributed by atoms with E-state index in [2.05, 4.69) is 10.3 Å². The molecule has 0 spiro atoms. The number of carbonyl (C=O) groups excluding carboxylic acids is 3. The van der Waals surface area contributed by atoms with Gasteiger partial charge in [-0.25, -0.2) is 4.98 Å². The Morgan fingerprint density at radius 3 is 2.55 bits per heavy atom. The van der Waals surface area contributed by atoms with Crippen molar-refractivity contribution in [3.63, 3.8) is 0 Å². The molecule has 0 radical (unpaired) electrons. The minimum atomic E-state index is -0.467. The van der Waals surface area contributed by atoms with Gasteiger partial charge in [0.05, 0.1) is 23.0 Å². The summed E-state index contributed by atoms with van der Waals surface area (Å²) >= 11 is 1.35. The van der Waals surface area contributed by atoms with Crippen molar-refractivity contribution in [2.75, 3.05) is 24.4 Å². The van der Waals surface area contributed by atoms with Crippen LogP contribution in [0.1, 0.15) is 26.5 Å². The number of carbonyl (C=O) groups is 3. The largest absolute Gasteiger partial charge is 0.497 e. The van der Waals surface area contributed by atoms with Crippen LogP contribution in [0.5, 0.6) is 5.75 Å². The van der Waals surface area contributed by atoms with Crippen molar-refractivity contribution in [2.45, 2.75) is 13.0 Å². The molecule has 0 saturated heterocycles. The van der Waals surface area contributed by atoms with Crippen LogP contribution in [0.2, 0.25) is 0 Å². The molecule has 10 heteroatoms. The van der Waals surface area contributed by atoms with E-state index in [0.29, 0.717) is 27.2 Å². The molecule has 0 unspecified atom stereocenters. The number of hydrogen-bond acceptors (Lipinski definition) is 6. The van der Waals surface area contributed by atoms with Crippen LogP contribution in [0.4, 0.5) is 11.6 Å². The van der Waals surface area contributed by atoms with E-state index in [9.17, 15) is 14.4 Å². The van der Waals surface area contributed by atoms with E-state index in [-0.39, 0.29) is 30.7 Å². The van der Waals surface area contributed by atoms with Gasteiger partial charge in [-0.3, -0.25) is 19.7 Å². The summed E-state index contributed by atoms with van der Waals surface area (Å²) in [6.45, 7) is 0.235. The molecule has 0 fully saturated rings. The predicted octanol–water partition coefficient (Wildman–Crippen LogP) is 5.18. The van der Waals surface area contributed by atoms with Gasteiger partial charge in [0, 0.05) is 36.1 Å². The van der Waals surface area contributed by atoms with Crippen molar-refractivity contribution in [3.8, 4) is 16.2 Å². The normalized spacial score (nSPS) is 10.8. The van der Waals surface area contributed by atoms with Gasteiger partial charge in [0.1, 0.15) is 5.75 Å². The van der Waals surface area contributed by atoms with Crippen LogP contribution in [-0.2, 0) is 11.3 Å². The molecular weight excluding hydrogens is 526 g/mol. The topological polar surface area (TPSA) is 120 Å². The summed E-state index contributed by atoms with van der Waals surface area (Å²) in [6, 6.07) is 25.7. The molecule has 5 aromatic rings. The van der Waals surface area contributed by atoms with Gasteiger partial charge in [-0.15, -0.1) is 11.3 Å². The molecule has 0 aliphatic carbocycles. The fourth-order valence-electron chi connectivity index (χ4n) is 4.32. The molecule has 2 aromatic heterocycles. The smallest absolute Gasteiger partial charge is 0.268 e. The average molecular weight is 554 g/mol. The van der Waals surface area contributed by atoms with Gasteiger partial charge in [-0.2, -0.15) is 0 Å². The number of rotatable bonds is 9. The number of anilines is 2. The van der Waals surface area contributed by atoms with Crippen molar-refractivity contribution in [3.05, 3.63) is 95.4 Å². The van der Waals surface area contributed by atoms with E-state index in [1.165, 1.54) is 11.3 Å². The van der Waals surface area contributed by atoms with Gasteiger partial charge < -0.3 is 19.9 Å². The Hall–Kier alpha value is -4.96. The molecule has 5 rings (SSSR count). The monoisotopic (exact) mass is 553 g/mol. The number of imidazole rings is 1. The lowest BCUT2D eigenvalue weighted by atomic mass is 10.2. The molecule has 0 atom stereocenters. The lowest BCUT2D eigenvalue weighted by molar-refractivity contribution is -0.118. The van der Waals surface area contributed by atoms with Crippen LogP contribution in [0.25, 0.3) is 21.5 Å². The van der Waals surface area contributed by atoms with Gasteiger partial charge in [-0.05, 0) is 60.2 Å². The molecule has 3 N–H and O–H groups in total. The Balaban J connectivity index is 1.43. The molecule has 9 nitrogen and oxygen atoms in total. The highest BCUT2D eigenvalue weighted by molar-refractivity contribution is 7.17. The zero-order valence-electron chi connectivity index (χ0n) is 22.0. The van der Waals surface area contributed by atoms with Crippen LogP contribution >= 0.6 is 11.3 Å². The molecule has 0 aliphatic heterocycles. The van der Waals surface area contributed by atoms with Crippen molar-refractivity contribution in [2.24, 2.45) is 5.73 Å². The second kappa shape index (κ2) is 11.4. The number of benzene rings is 3. The number of hydrogen-bond donors (Lipinski definition) is 2. The highest BCUT2D eigenvalue weighted by Crippen LogP contribution is 2.31. The highest BCUT2D eigenvalue weighted by Gasteiger charge is 2.19. The summed E-state index contributed by atoms with van der Waals surface area (Å²) in [5, 5.41) is 2.89. The fraction of sp³-hybridized carbons (Fsp3) is 0.133. The minimum Gasteiger partial charge on any atom is -0.497 e. The van der Waals surface area contributed by atoms with Gasteiger partial charge in [0.15, 0.2) is 0 Å². The SMILES string of the molecule is COc1cccc(-c2ccc(C(=O)Nc3nc4cc(N(C)C(=O)c5ccccc5)ccc4n3CCC(N)=O)s2)c1. The third-order valence-corrected chi connectivity index (χ3v) is 7.57. The number of primary amides is 1. The lowest BCUT2D eigenvalue weighted by Crippen LogP contribution is -2.26. The molecule has 0 bridgehead atoms. The number of nitrogens with zero attached hydrogens (tertiary/aromatic N) is 3. The van der Waals surface area contributed by atoms with Gasteiger partial charge in [-0.1, -0.05) is 30.3 Å². The summed E-state index contributed by atoms with van der Waals surface area (Å²) in [6.07, 6.45) is 0.0709. The second-order valence-corrected chi connectivity index (χ2v) is 10.1. The number of methoxy groups -OCH3 is 1. The Morgan fingerprint density at radius 1 is 1.00 bits per heavy atom. The van der Waals surface area contributed by atoms with Crippen LogP contribution in [0.3, 0.4) is 0 Å². The minimum absolute atomic E-state index is 0.0709. The Morgan fingerprint density at radius 2 is 1.80 bits per heavy atom. The van der Waals surface area contributed by atoms with Crippen molar-refractivity contribution >= 4 is 51.7 Å². The molecule has 2 heterocycles. The summed E-state index contributed by atoms with van der Waals surface area (Å²) in [4.78, 5) is 45.4. The maximum Gasteiger partial charge on any atom is 0.268 e. The zero-order chi connectivity index (χ0) is 28.2. The third kappa shape index (κ3) is 5.57.